The van der Waals surface area contributed by atoms with E-state index in [1.165, 1.54) is 12.7 Å². The van der Waals surface area contributed by atoms with Crippen molar-refractivity contribution in [3.8, 4) is 0 Å². The van der Waals surface area contributed by atoms with Crippen LogP contribution >= 0.6 is 0 Å². The second-order valence-corrected chi connectivity index (χ2v) is 5.98. The average molecular weight is 362 g/mol. The number of carbonyl (C=O) groups excluding carboxylic acids is 1. The number of methoxy groups -OCH3 is 1. The summed E-state index contributed by atoms with van der Waals surface area (Å²) >= 11 is 0. The number of aryl methyl sites for hydroxylation is 2. The first-order valence-electron chi connectivity index (χ1n) is 8.75. The smallest absolute Gasteiger partial charge is 0.339 e. The molecule has 27 heavy (non-hydrogen) atoms. The molecule has 1 aromatic heterocycles. The van der Waals surface area contributed by atoms with E-state index >= 15 is 0 Å². The minimum atomic E-state index is -0.404. The van der Waals surface area contributed by atoms with Gasteiger partial charge in [0, 0.05) is 11.8 Å². The van der Waals surface area contributed by atoms with Crippen molar-refractivity contribution in [2.75, 3.05) is 17.7 Å². The second-order valence-electron chi connectivity index (χ2n) is 5.98. The molecule has 6 nitrogen and oxygen atoms in total. The fourth-order valence-corrected chi connectivity index (χ4v) is 2.80. The third-order valence-electron chi connectivity index (χ3n) is 4.09. The fraction of sp³-hybridized carbons (Fsp3) is 0.190. The summed E-state index contributed by atoms with van der Waals surface area (Å²) in [6.07, 6.45) is 0.921. The lowest BCUT2D eigenvalue weighted by Crippen LogP contribution is -2.07. The van der Waals surface area contributed by atoms with Crippen LogP contribution in [0.4, 0.5) is 23.0 Å². The number of rotatable bonds is 6. The predicted molar refractivity (Wildman–Crippen MR) is 107 cm³/mol. The Bertz CT molecular complexity index is 956. The summed E-state index contributed by atoms with van der Waals surface area (Å²) in [5.74, 6) is 1.49. The maximum absolute atomic E-state index is 12.0. The van der Waals surface area contributed by atoms with Crippen LogP contribution in [-0.4, -0.2) is 23.0 Å². The van der Waals surface area contributed by atoms with Crippen molar-refractivity contribution in [2.24, 2.45) is 0 Å². The van der Waals surface area contributed by atoms with Gasteiger partial charge in [-0.05, 0) is 37.1 Å². The first-order chi connectivity index (χ1) is 13.1. The zero-order valence-corrected chi connectivity index (χ0v) is 15.6. The van der Waals surface area contributed by atoms with E-state index in [1.54, 1.807) is 12.1 Å². The standard InChI is InChI=1S/C21H22N4O2/c1-4-15-9-5-7-11-17(15)24-19-13-20(23-14(2)22-19)25-18-12-8-6-10-16(18)21(26)27-3/h5-13H,4H2,1-3H3,(H2,22,23,24,25). The Labute approximate surface area is 158 Å². The Kier molecular flexibility index (Phi) is 5.66. The van der Waals surface area contributed by atoms with E-state index in [2.05, 4.69) is 33.6 Å². The molecule has 0 spiro atoms. The lowest BCUT2D eigenvalue weighted by atomic mass is 10.1. The molecule has 0 atom stereocenters. The molecule has 0 bridgehead atoms. The Hall–Kier alpha value is -3.41. The highest BCUT2D eigenvalue weighted by atomic mass is 16.5. The second kappa shape index (κ2) is 8.31. The van der Waals surface area contributed by atoms with Gasteiger partial charge in [-0.15, -0.1) is 0 Å². The number of esters is 1. The van der Waals surface area contributed by atoms with Gasteiger partial charge in [0.15, 0.2) is 0 Å². The Balaban J connectivity index is 1.90. The van der Waals surface area contributed by atoms with Crippen LogP contribution in [-0.2, 0) is 11.2 Å². The largest absolute Gasteiger partial charge is 0.465 e. The molecule has 0 radical (unpaired) electrons. The number of hydrogen-bond acceptors (Lipinski definition) is 6. The van der Waals surface area contributed by atoms with E-state index in [0.29, 0.717) is 28.7 Å². The number of aromatic nitrogens is 2. The van der Waals surface area contributed by atoms with Gasteiger partial charge in [-0.1, -0.05) is 37.3 Å². The number of nitrogens with one attached hydrogen (secondary N) is 2. The van der Waals surface area contributed by atoms with Crippen LogP contribution in [0.3, 0.4) is 0 Å². The molecule has 0 aliphatic rings. The first kappa shape index (κ1) is 18.4. The fourth-order valence-electron chi connectivity index (χ4n) is 2.80. The molecule has 138 valence electrons. The molecule has 6 heteroatoms. The Morgan fingerprint density at radius 1 is 0.963 bits per heavy atom. The summed E-state index contributed by atoms with van der Waals surface area (Å²) < 4.78 is 4.84. The van der Waals surface area contributed by atoms with E-state index in [0.717, 1.165) is 12.1 Å². The summed E-state index contributed by atoms with van der Waals surface area (Å²) in [5.41, 5.74) is 3.29. The highest BCUT2D eigenvalue weighted by Crippen LogP contribution is 2.24. The number of anilines is 4. The van der Waals surface area contributed by atoms with Gasteiger partial charge < -0.3 is 15.4 Å². The normalized spacial score (nSPS) is 10.3. The number of ether oxygens (including phenoxy) is 1. The van der Waals surface area contributed by atoms with E-state index in [1.807, 2.05) is 43.3 Å². The number of carbonyl (C=O) groups is 1. The van der Waals surface area contributed by atoms with Gasteiger partial charge in [0.05, 0.1) is 18.4 Å². The van der Waals surface area contributed by atoms with Crippen molar-refractivity contribution < 1.29 is 9.53 Å². The summed E-state index contributed by atoms with van der Waals surface area (Å²) in [7, 11) is 1.36. The third kappa shape index (κ3) is 4.41. The SMILES string of the molecule is CCc1ccccc1Nc1cc(Nc2ccccc2C(=O)OC)nc(C)n1. The Morgan fingerprint density at radius 2 is 1.56 bits per heavy atom. The molecule has 1 heterocycles. The average Bonchev–Trinajstić information content (AvgIpc) is 2.68. The molecular formula is C21H22N4O2. The molecule has 0 unspecified atom stereocenters. The van der Waals surface area contributed by atoms with E-state index in [9.17, 15) is 4.79 Å². The maximum Gasteiger partial charge on any atom is 0.339 e. The number of hydrogen-bond donors (Lipinski definition) is 2. The van der Waals surface area contributed by atoms with Crippen molar-refractivity contribution in [2.45, 2.75) is 20.3 Å². The van der Waals surface area contributed by atoms with Crippen molar-refractivity contribution in [1.82, 2.24) is 9.97 Å². The van der Waals surface area contributed by atoms with Crippen LogP contribution in [0.5, 0.6) is 0 Å². The third-order valence-corrected chi connectivity index (χ3v) is 4.09. The zero-order chi connectivity index (χ0) is 19.2. The minimum Gasteiger partial charge on any atom is -0.465 e. The van der Waals surface area contributed by atoms with Gasteiger partial charge in [0.25, 0.3) is 0 Å². The lowest BCUT2D eigenvalue weighted by Gasteiger charge is -2.13. The summed E-state index contributed by atoms with van der Waals surface area (Å²) in [6, 6.07) is 17.1. The van der Waals surface area contributed by atoms with E-state index in [-0.39, 0.29) is 0 Å². The van der Waals surface area contributed by atoms with Crippen molar-refractivity contribution in [3.05, 3.63) is 71.5 Å². The molecule has 0 saturated carbocycles. The van der Waals surface area contributed by atoms with E-state index in [4.69, 9.17) is 4.74 Å². The van der Waals surface area contributed by atoms with Gasteiger partial charge in [0.1, 0.15) is 17.5 Å². The van der Waals surface area contributed by atoms with Crippen LogP contribution in [0, 0.1) is 6.92 Å². The van der Waals surface area contributed by atoms with Gasteiger partial charge in [-0.25, -0.2) is 14.8 Å². The van der Waals surface area contributed by atoms with Crippen LogP contribution in [0.15, 0.2) is 54.6 Å². The van der Waals surface area contributed by atoms with Crippen molar-refractivity contribution in [3.63, 3.8) is 0 Å². The summed E-state index contributed by atoms with van der Waals surface area (Å²) in [4.78, 5) is 20.9. The monoisotopic (exact) mass is 362 g/mol. The minimum absolute atomic E-state index is 0.404. The summed E-state index contributed by atoms with van der Waals surface area (Å²) in [5, 5.41) is 6.55. The molecule has 0 amide bonds. The van der Waals surface area contributed by atoms with E-state index < -0.39 is 5.97 Å². The molecule has 3 aromatic rings. The first-order valence-corrected chi connectivity index (χ1v) is 8.75. The Morgan fingerprint density at radius 3 is 2.22 bits per heavy atom. The lowest BCUT2D eigenvalue weighted by molar-refractivity contribution is 0.0602. The molecule has 0 aliphatic heterocycles. The van der Waals surface area contributed by atoms with Crippen LogP contribution in [0.2, 0.25) is 0 Å². The van der Waals surface area contributed by atoms with Gasteiger partial charge in [0.2, 0.25) is 0 Å². The molecule has 2 N–H and O–H groups in total. The summed E-state index contributed by atoms with van der Waals surface area (Å²) in [6.45, 7) is 3.94. The number of para-hydroxylation sites is 2. The van der Waals surface area contributed by atoms with Crippen molar-refractivity contribution >= 4 is 29.0 Å². The molecule has 2 aromatic carbocycles. The van der Waals surface area contributed by atoms with Crippen LogP contribution < -0.4 is 10.6 Å². The number of benzene rings is 2. The van der Waals surface area contributed by atoms with Gasteiger partial charge >= 0.3 is 5.97 Å². The number of nitrogens with zero attached hydrogens (tertiary/aromatic N) is 2. The zero-order valence-electron chi connectivity index (χ0n) is 15.6. The molecule has 0 fully saturated rings. The van der Waals surface area contributed by atoms with Gasteiger partial charge in [-0.3, -0.25) is 0 Å². The molecule has 0 aliphatic carbocycles. The predicted octanol–water partition coefficient (Wildman–Crippen LogP) is 4.62. The maximum atomic E-state index is 12.0. The van der Waals surface area contributed by atoms with Crippen molar-refractivity contribution in [1.29, 1.82) is 0 Å². The highest BCUT2D eigenvalue weighted by Gasteiger charge is 2.12. The van der Waals surface area contributed by atoms with Crippen LogP contribution in [0.25, 0.3) is 0 Å². The van der Waals surface area contributed by atoms with Gasteiger partial charge in [-0.2, -0.15) is 0 Å². The quantitative estimate of drug-likeness (QED) is 0.623. The molecular weight excluding hydrogens is 340 g/mol. The van der Waals surface area contributed by atoms with Crippen LogP contribution in [0.1, 0.15) is 28.7 Å². The highest BCUT2D eigenvalue weighted by molar-refractivity contribution is 5.96. The topological polar surface area (TPSA) is 76.1 Å². The molecule has 0 saturated heterocycles. The molecule has 3 rings (SSSR count).